The lowest BCUT2D eigenvalue weighted by molar-refractivity contribution is 0.768. The van der Waals surface area contributed by atoms with Gasteiger partial charge in [-0.1, -0.05) is 170 Å². The van der Waals surface area contributed by atoms with E-state index in [9.17, 15) is 0 Å². The number of hydrogen-bond donors (Lipinski definition) is 0. The number of rotatable bonds is 7. The van der Waals surface area contributed by atoms with Crippen molar-refractivity contribution in [2.45, 2.75) is 5.41 Å². The Kier molecular flexibility index (Phi) is 7.75. The molecule has 1 aromatic heterocycles. The molecule has 268 valence electrons. The van der Waals surface area contributed by atoms with Crippen LogP contribution < -0.4 is 4.90 Å². The lowest BCUT2D eigenvalue weighted by atomic mass is 9.67. The maximum atomic E-state index is 2.38. The van der Waals surface area contributed by atoms with E-state index in [4.69, 9.17) is 0 Å². The molecule has 11 rings (SSSR count). The molecule has 0 atom stereocenters. The van der Waals surface area contributed by atoms with Gasteiger partial charge in [-0.05, 0) is 105 Å². The van der Waals surface area contributed by atoms with Crippen LogP contribution in [0.2, 0.25) is 0 Å². The number of fused-ring (bicyclic) bond motifs is 6. The molecule has 0 aliphatic heterocycles. The van der Waals surface area contributed by atoms with Crippen LogP contribution in [0.15, 0.2) is 231 Å². The quantitative estimate of drug-likeness (QED) is 0.159. The van der Waals surface area contributed by atoms with Crippen molar-refractivity contribution in [3.8, 4) is 27.9 Å². The number of para-hydroxylation sites is 3. The molecule has 0 bridgehead atoms. The van der Waals surface area contributed by atoms with Crippen LogP contribution in [0.3, 0.4) is 0 Å². The Balaban J connectivity index is 1.03. The van der Waals surface area contributed by atoms with E-state index >= 15 is 0 Å². The van der Waals surface area contributed by atoms with E-state index < -0.39 is 5.41 Å². The topological polar surface area (TPSA) is 8.17 Å². The fourth-order valence-corrected chi connectivity index (χ4v) is 9.43. The highest BCUT2D eigenvalue weighted by Gasteiger charge is 2.45. The molecule has 2 nitrogen and oxygen atoms in total. The summed E-state index contributed by atoms with van der Waals surface area (Å²) in [5.74, 6) is 0. The zero-order chi connectivity index (χ0) is 37.8. The van der Waals surface area contributed by atoms with Crippen molar-refractivity contribution in [1.29, 1.82) is 0 Å². The molecule has 0 amide bonds. The van der Waals surface area contributed by atoms with Gasteiger partial charge >= 0.3 is 0 Å². The van der Waals surface area contributed by atoms with Crippen LogP contribution in [-0.4, -0.2) is 4.57 Å². The summed E-state index contributed by atoms with van der Waals surface area (Å²) >= 11 is 0. The minimum absolute atomic E-state index is 0.415. The Morgan fingerprint density at radius 3 is 1.60 bits per heavy atom. The first-order valence-corrected chi connectivity index (χ1v) is 19.7. The standard InChI is InChI=1S/C55H38N2/c1-4-18-41(19-5-1)55(51-28-13-10-25-47(51)48-26-11-14-29-52(48)55)42-33-31-39(32-34-42)40-17-16-24-45(37-40)56(43-20-6-2-7-21-43)46-35-36-54-50(38-46)49-27-12-15-30-53(49)57(54)44-22-8-3-9-23-44/h1-38H. The van der Waals surface area contributed by atoms with Gasteiger partial charge in [0.1, 0.15) is 0 Å². The van der Waals surface area contributed by atoms with E-state index in [0.29, 0.717) is 0 Å². The molecule has 1 aliphatic carbocycles. The minimum Gasteiger partial charge on any atom is -0.310 e. The second-order valence-electron chi connectivity index (χ2n) is 14.9. The third-order valence-corrected chi connectivity index (χ3v) is 11.9. The van der Waals surface area contributed by atoms with Gasteiger partial charge in [-0.2, -0.15) is 0 Å². The Morgan fingerprint density at radius 1 is 0.333 bits per heavy atom. The zero-order valence-electron chi connectivity index (χ0n) is 31.3. The summed E-state index contributed by atoms with van der Waals surface area (Å²) in [6, 6.07) is 84.1. The van der Waals surface area contributed by atoms with E-state index in [1.165, 1.54) is 66.3 Å². The van der Waals surface area contributed by atoms with Crippen LogP contribution in [0.4, 0.5) is 17.1 Å². The van der Waals surface area contributed by atoms with Gasteiger partial charge in [0, 0.05) is 33.5 Å². The molecule has 0 saturated heterocycles. The Labute approximate surface area is 333 Å². The molecule has 0 N–H and O–H groups in total. The van der Waals surface area contributed by atoms with E-state index in [1.807, 2.05) is 0 Å². The molecule has 0 spiro atoms. The molecule has 0 radical (unpaired) electrons. The van der Waals surface area contributed by atoms with Gasteiger partial charge in [0.2, 0.25) is 0 Å². The average molecular weight is 727 g/mol. The molecule has 1 heterocycles. The van der Waals surface area contributed by atoms with Gasteiger partial charge in [0.25, 0.3) is 0 Å². The molecule has 2 heteroatoms. The summed E-state index contributed by atoms with van der Waals surface area (Å²) in [6.07, 6.45) is 0. The number of hydrogen-bond acceptors (Lipinski definition) is 1. The first-order chi connectivity index (χ1) is 28.3. The summed E-state index contributed by atoms with van der Waals surface area (Å²) in [5.41, 5.74) is 16.6. The number of benzene rings is 9. The SMILES string of the molecule is c1ccc(N(c2cccc(-c3ccc(C4(c5ccccc5)c5ccccc5-c5ccccc54)cc3)c2)c2ccc3c(c2)c2ccccc2n3-c2ccccc2)cc1. The van der Waals surface area contributed by atoms with Crippen molar-refractivity contribution in [2.75, 3.05) is 4.90 Å². The minimum atomic E-state index is -0.415. The number of nitrogens with zero attached hydrogens (tertiary/aromatic N) is 2. The Morgan fingerprint density at radius 2 is 0.877 bits per heavy atom. The largest absolute Gasteiger partial charge is 0.310 e. The van der Waals surface area contributed by atoms with Crippen LogP contribution >= 0.6 is 0 Å². The van der Waals surface area contributed by atoms with Gasteiger partial charge in [-0.25, -0.2) is 0 Å². The van der Waals surface area contributed by atoms with E-state index in [1.54, 1.807) is 0 Å². The fourth-order valence-electron chi connectivity index (χ4n) is 9.43. The molecular formula is C55H38N2. The predicted octanol–water partition coefficient (Wildman–Crippen LogP) is 14.3. The van der Waals surface area contributed by atoms with E-state index in [-0.39, 0.29) is 0 Å². The molecule has 0 fully saturated rings. The molecule has 9 aromatic carbocycles. The number of aromatic nitrogens is 1. The predicted molar refractivity (Wildman–Crippen MR) is 238 cm³/mol. The van der Waals surface area contributed by atoms with Crippen molar-refractivity contribution < 1.29 is 0 Å². The average Bonchev–Trinajstić information content (AvgIpc) is 3.78. The van der Waals surface area contributed by atoms with Crippen LogP contribution in [-0.2, 0) is 5.41 Å². The monoisotopic (exact) mass is 726 g/mol. The summed E-state index contributed by atoms with van der Waals surface area (Å²) in [5, 5.41) is 2.46. The highest BCUT2D eigenvalue weighted by Crippen LogP contribution is 2.56. The molecule has 10 aromatic rings. The summed E-state index contributed by atoms with van der Waals surface area (Å²) in [6.45, 7) is 0. The fraction of sp³-hybridized carbons (Fsp3) is 0.0182. The van der Waals surface area contributed by atoms with Crippen LogP contribution in [0.25, 0.3) is 49.7 Å². The van der Waals surface area contributed by atoms with Gasteiger partial charge < -0.3 is 9.47 Å². The highest BCUT2D eigenvalue weighted by atomic mass is 15.1. The second kappa shape index (κ2) is 13.4. The third-order valence-electron chi connectivity index (χ3n) is 11.9. The molecular weight excluding hydrogens is 689 g/mol. The Bertz CT molecular complexity index is 3010. The first kappa shape index (κ1) is 33.0. The van der Waals surface area contributed by atoms with Crippen LogP contribution in [0.5, 0.6) is 0 Å². The van der Waals surface area contributed by atoms with Crippen molar-refractivity contribution in [3.05, 3.63) is 253 Å². The summed E-state index contributed by atoms with van der Waals surface area (Å²) in [7, 11) is 0. The van der Waals surface area contributed by atoms with Crippen LogP contribution in [0, 0.1) is 0 Å². The molecule has 0 unspecified atom stereocenters. The smallest absolute Gasteiger partial charge is 0.0713 e. The van der Waals surface area contributed by atoms with Crippen molar-refractivity contribution >= 4 is 38.9 Å². The summed E-state index contributed by atoms with van der Waals surface area (Å²) < 4.78 is 2.37. The Hall–Kier alpha value is -7.42. The zero-order valence-corrected chi connectivity index (χ0v) is 31.3. The molecule has 0 saturated carbocycles. The third kappa shape index (κ3) is 5.18. The summed E-state index contributed by atoms with van der Waals surface area (Å²) in [4.78, 5) is 2.38. The van der Waals surface area contributed by atoms with Crippen molar-refractivity contribution in [3.63, 3.8) is 0 Å². The highest BCUT2D eigenvalue weighted by molar-refractivity contribution is 6.10. The maximum absolute atomic E-state index is 2.38. The van der Waals surface area contributed by atoms with E-state index in [2.05, 4.69) is 240 Å². The van der Waals surface area contributed by atoms with Gasteiger partial charge in [0.05, 0.1) is 16.4 Å². The first-order valence-electron chi connectivity index (χ1n) is 19.7. The maximum Gasteiger partial charge on any atom is 0.0713 e. The van der Waals surface area contributed by atoms with Crippen LogP contribution in [0.1, 0.15) is 22.3 Å². The lowest BCUT2D eigenvalue weighted by Gasteiger charge is -2.34. The molecule has 57 heavy (non-hydrogen) atoms. The van der Waals surface area contributed by atoms with Gasteiger partial charge in [0.15, 0.2) is 0 Å². The number of anilines is 3. The lowest BCUT2D eigenvalue weighted by Crippen LogP contribution is -2.28. The second-order valence-corrected chi connectivity index (χ2v) is 14.9. The van der Waals surface area contributed by atoms with Crippen molar-refractivity contribution in [1.82, 2.24) is 4.57 Å². The van der Waals surface area contributed by atoms with Crippen molar-refractivity contribution in [2.24, 2.45) is 0 Å². The van der Waals surface area contributed by atoms with Gasteiger partial charge in [-0.15, -0.1) is 0 Å². The normalized spacial score (nSPS) is 12.7. The van der Waals surface area contributed by atoms with E-state index in [0.717, 1.165) is 22.7 Å². The molecule has 1 aliphatic rings. The van der Waals surface area contributed by atoms with Gasteiger partial charge in [-0.3, -0.25) is 0 Å².